The van der Waals surface area contributed by atoms with Crippen LogP contribution in [0.4, 0.5) is 4.39 Å². The molecule has 0 spiro atoms. The van der Waals surface area contributed by atoms with Gasteiger partial charge >= 0.3 is 5.97 Å². The predicted molar refractivity (Wildman–Crippen MR) is 68.6 cm³/mol. The second-order valence-electron chi connectivity index (χ2n) is 3.62. The van der Waals surface area contributed by atoms with Gasteiger partial charge in [-0.3, -0.25) is 4.79 Å². The first-order valence-corrected chi connectivity index (χ1v) is 5.43. The fourth-order valence-electron chi connectivity index (χ4n) is 1.23. The molecule has 0 bridgehead atoms. The Morgan fingerprint density at radius 3 is 2.84 bits per heavy atom. The molecule has 1 aromatic rings. The minimum absolute atomic E-state index is 0.147. The Hall–Kier alpha value is -2.61. The lowest BCUT2D eigenvalue weighted by atomic mass is 10.1. The third-order valence-electron chi connectivity index (χ3n) is 2.06. The highest BCUT2D eigenvalue weighted by atomic mass is 19.1. The highest BCUT2D eigenvalue weighted by Crippen LogP contribution is 2.11. The fraction of sp³-hybridized carbons (Fsp3) is 0.143. The summed E-state index contributed by atoms with van der Waals surface area (Å²) < 4.78 is 13.4. The number of aliphatic carboxylic acids is 1. The molecule has 0 saturated carbocycles. The molecule has 0 radical (unpaired) electrons. The van der Waals surface area contributed by atoms with Gasteiger partial charge in [0.05, 0.1) is 6.54 Å². The molecule has 0 atom stereocenters. The van der Waals surface area contributed by atoms with E-state index in [2.05, 4.69) is 17.2 Å². The molecule has 98 valence electrons. The number of hydrogen-bond donors (Lipinski definition) is 2. The summed E-state index contributed by atoms with van der Waals surface area (Å²) in [6.45, 7) is 1.58. The van der Waals surface area contributed by atoms with Crippen LogP contribution in [0.5, 0.6) is 0 Å². The molecule has 19 heavy (non-hydrogen) atoms. The summed E-state index contributed by atoms with van der Waals surface area (Å²) in [6.07, 6.45) is 2.02. The van der Waals surface area contributed by atoms with Crippen LogP contribution in [-0.4, -0.2) is 23.5 Å². The fourth-order valence-corrected chi connectivity index (χ4v) is 1.23. The van der Waals surface area contributed by atoms with Crippen molar-refractivity contribution < 1.29 is 19.1 Å². The van der Waals surface area contributed by atoms with Crippen molar-refractivity contribution in [3.63, 3.8) is 0 Å². The Kier molecular flexibility index (Phi) is 5.30. The Morgan fingerprint density at radius 1 is 1.47 bits per heavy atom. The summed E-state index contributed by atoms with van der Waals surface area (Å²) in [7, 11) is 0. The van der Waals surface area contributed by atoms with Crippen LogP contribution in [0.3, 0.4) is 0 Å². The average molecular weight is 261 g/mol. The number of halogens is 1. The number of rotatable bonds is 3. The van der Waals surface area contributed by atoms with Crippen LogP contribution in [-0.2, 0) is 9.59 Å². The molecule has 1 amide bonds. The van der Waals surface area contributed by atoms with E-state index in [-0.39, 0.29) is 18.0 Å². The van der Waals surface area contributed by atoms with Gasteiger partial charge in [0.2, 0.25) is 5.91 Å². The summed E-state index contributed by atoms with van der Waals surface area (Å²) in [4.78, 5) is 21.0. The van der Waals surface area contributed by atoms with Gasteiger partial charge in [-0.15, -0.1) is 0 Å². The van der Waals surface area contributed by atoms with Crippen LogP contribution in [0.1, 0.15) is 18.1 Å². The van der Waals surface area contributed by atoms with Crippen LogP contribution in [0.25, 0.3) is 6.08 Å². The number of hydrogen-bond acceptors (Lipinski definition) is 2. The van der Waals surface area contributed by atoms with Crippen molar-refractivity contribution in [2.75, 3.05) is 6.54 Å². The molecule has 0 aliphatic carbocycles. The lowest BCUT2D eigenvalue weighted by molar-refractivity contribution is -0.131. The molecule has 0 fully saturated rings. The molecular weight excluding hydrogens is 249 g/mol. The van der Waals surface area contributed by atoms with E-state index < -0.39 is 11.8 Å². The lowest BCUT2D eigenvalue weighted by Gasteiger charge is -1.97. The highest BCUT2D eigenvalue weighted by Gasteiger charge is 2.00. The normalized spacial score (nSPS) is 9.79. The van der Waals surface area contributed by atoms with Crippen molar-refractivity contribution in [1.82, 2.24) is 5.32 Å². The van der Waals surface area contributed by atoms with Crippen LogP contribution >= 0.6 is 0 Å². The molecule has 0 aliphatic heterocycles. The van der Waals surface area contributed by atoms with E-state index in [1.165, 1.54) is 25.1 Å². The molecule has 1 aromatic carbocycles. The number of carboxylic acids is 1. The Morgan fingerprint density at radius 2 is 2.21 bits per heavy atom. The zero-order chi connectivity index (χ0) is 14.3. The summed E-state index contributed by atoms with van der Waals surface area (Å²) >= 11 is 0. The molecule has 0 aromatic heterocycles. The number of benzene rings is 1. The summed E-state index contributed by atoms with van der Waals surface area (Å²) in [5, 5.41) is 11.0. The number of nitrogens with one attached hydrogen (secondary N) is 1. The zero-order valence-corrected chi connectivity index (χ0v) is 10.2. The minimum atomic E-state index is -1.15. The van der Waals surface area contributed by atoms with Gasteiger partial charge in [0.15, 0.2) is 0 Å². The van der Waals surface area contributed by atoms with E-state index in [1.807, 2.05) is 0 Å². The van der Waals surface area contributed by atoms with Gasteiger partial charge in [0, 0.05) is 24.1 Å². The van der Waals surface area contributed by atoms with Crippen LogP contribution < -0.4 is 5.32 Å². The second-order valence-corrected chi connectivity index (χ2v) is 3.62. The van der Waals surface area contributed by atoms with Crippen molar-refractivity contribution >= 4 is 18.0 Å². The molecule has 0 aliphatic rings. The molecule has 5 heteroatoms. The smallest absolute Gasteiger partial charge is 0.328 e. The first kappa shape index (κ1) is 14.5. The Labute approximate surface area is 109 Å². The average Bonchev–Trinajstić information content (AvgIpc) is 2.34. The van der Waals surface area contributed by atoms with E-state index in [1.54, 1.807) is 0 Å². The van der Waals surface area contributed by atoms with Crippen molar-refractivity contribution in [3.05, 3.63) is 41.2 Å². The van der Waals surface area contributed by atoms with Crippen molar-refractivity contribution in [2.45, 2.75) is 6.92 Å². The van der Waals surface area contributed by atoms with E-state index in [4.69, 9.17) is 5.11 Å². The topological polar surface area (TPSA) is 66.4 Å². The van der Waals surface area contributed by atoms with Gasteiger partial charge in [-0.05, 0) is 24.3 Å². The first-order chi connectivity index (χ1) is 8.99. The zero-order valence-electron chi connectivity index (χ0n) is 10.2. The summed E-state index contributed by atoms with van der Waals surface area (Å²) in [5.74, 6) is 3.59. The first-order valence-electron chi connectivity index (χ1n) is 5.43. The van der Waals surface area contributed by atoms with E-state index in [0.29, 0.717) is 5.56 Å². The van der Waals surface area contributed by atoms with E-state index >= 15 is 0 Å². The summed E-state index contributed by atoms with van der Waals surface area (Å²) in [6, 6.07) is 4.13. The highest BCUT2D eigenvalue weighted by molar-refractivity contribution is 5.85. The van der Waals surface area contributed by atoms with Gasteiger partial charge < -0.3 is 10.4 Å². The molecule has 4 nitrogen and oxygen atoms in total. The van der Waals surface area contributed by atoms with Gasteiger partial charge in [-0.25, -0.2) is 9.18 Å². The maximum absolute atomic E-state index is 13.4. The molecule has 1 rings (SSSR count). The lowest BCUT2D eigenvalue weighted by Crippen LogP contribution is -2.19. The van der Waals surface area contributed by atoms with Gasteiger partial charge in [0.1, 0.15) is 5.82 Å². The van der Waals surface area contributed by atoms with E-state index in [0.717, 1.165) is 12.2 Å². The predicted octanol–water partition coefficient (Wildman–Crippen LogP) is 1.41. The van der Waals surface area contributed by atoms with Crippen molar-refractivity contribution in [1.29, 1.82) is 0 Å². The molecule has 0 heterocycles. The van der Waals surface area contributed by atoms with Gasteiger partial charge in [-0.1, -0.05) is 11.8 Å². The largest absolute Gasteiger partial charge is 0.478 e. The molecule has 0 unspecified atom stereocenters. The minimum Gasteiger partial charge on any atom is -0.478 e. The molecule has 2 N–H and O–H groups in total. The number of carbonyl (C=O) groups excluding carboxylic acids is 1. The third kappa shape index (κ3) is 5.50. The monoisotopic (exact) mass is 261 g/mol. The maximum Gasteiger partial charge on any atom is 0.328 e. The van der Waals surface area contributed by atoms with Crippen LogP contribution in [0.2, 0.25) is 0 Å². The maximum atomic E-state index is 13.4. The Bertz CT molecular complexity index is 582. The van der Waals surface area contributed by atoms with Crippen molar-refractivity contribution in [2.24, 2.45) is 0 Å². The number of carbonyl (C=O) groups is 2. The van der Waals surface area contributed by atoms with Gasteiger partial charge in [-0.2, -0.15) is 0 Å². The second kappa shape index (κ2) is 6.97. The SMILES string of the molecule is CC(=O)NCC#Cc1ccc(F)c(/C=C/C(=O)O)c1. The molecular formula is C14H12FNO3. The Balaban J connectivity index is 2.84. The van der Waals surface area contributed by atoms with Crippen LogP contribution in [0.15, 0.2) is 24.3 Å². The van der Waals surface area contributed by atoms with Crippen molar-refractivity contribution in [3.8, 4) is 11.8 Å². The number of carboxylic acid groups (broad SMARTS) is 1. The van der Waals surface area contributed by atoms with E-state index in [9.17, 15) is 14.0 Å². The van der Waals surface area contributed by atoms with Crippen LogP contribution in [0, 0.1) is 17.7 Å². The number of amides is 1. The third-order valence-corrected chi connectivity index (χ3v) is 2.06. The molecule has 0 saturated heterocycles. The summed E-state index contributed by atoms with van der Waals surface area (Å²) in [5.41, 5.74) is 0.686. The standard InChI is InChI=1S/C14H12FNO3/c1-10(17)16-8-2-3-11-4-6-13(15)12(9-11)5-7-14(18)19/h4-7,9H,8H2,1H3,(H,16,17)(H,18,19)/b7-5+. The quantitative estimate of drug-likeness (QED) is 0.638. The van der Waals surface area contributed by atoms with Gasteiger partial charge in [0.25, 0.3) is 0 Å².